The summed E-state index contributed by atoms with van der Waals surface area (Å²) in [5.41, 5.74) is 1.65. The zero-order valence-electron chi connectivity index (χ0n) is 14.6. The van der Waals surface area contributed by atoms with Crippen LogP contribution in [0.1, 0.15) is 35.4 Å². The number of aromatic nitrogens is 3. The third-order valence-corrected chi connectivity index (χ3v) is 5.37. The van der Waals surface area contributed by atoms with Crippen molar-refractivity contribution >= 4 is 11.7 Å². The molecular formula is C19H23N5O. The number of carbonyl (C=O) groups is 1. The second-order valence-corrected chi connectivity index (χ2v) is 7.23. The Bertz CT molecular complexity index is 765. The lowest BCUT2D eigenvalue weighted by atomic mass is 9.79. The molecule has 2 fully saturated rings. The standard InChI is InChI=1S/C19H23N5O/c1-15-4-2-5-17(22-15)23-11-7-19(13-23)6-3-10-24(14-19)18(25)16-12-20-8-9-21-16/h2,4-5,8-9,12H,3,6-7,10-11,13-14H2,1H3/t19-/m0/s1. The van der Waals surface area contributed by atoms with E-state index >= 15 is 0 Å². The number of piperidine rings is 1. The molecule has 0 aliphatic carbocycles. The van der Waals surface area contributed by atoms with Gasteiger partial charge in [0.2, 0.25) is 0 Å². The van der Waals surface area contributed by atoms with Crippen LogP contribution < -0.4 is 4.90 Å². The predicted octanol–water partition coefficient (Wildman–Crippen LogP) is 2.31. The van der Waals surface area contributed by atoms with Crippen molar-refractivity contribution in [1.29, 1.82) is 0 Å². The van der Waals surface area contributed by atoms with Crippen LogP contribution in [0.5, 0.6) is 0 Å². The average Bonchev–Trinajstić information content (AvgIpc) is 3.05. The van der Waals surface area contributed by atoms with Gasteiger partial charge in [0, 0.05) is 49.7 Å². The minimum Gasteiger partial charge on any atom is -0.356 e. The van der Waals surface area contributed by atoms with Crippen LogP contribution in [-0.4, -0.2) is 51.9 Å². The lowest BCUT2D eigenvalue weighted by Crippen LogP contribution is -2.47. The van der Waals surface area contributed by atoms with Crippen molar-refractivity contribution in [2.24, 2.45) is 5.41 Å². The summed E-state index contributed by atoms with van der Waals surface area (Å²) < 4.78 is 0. The Morgan fingerprint density at radius 1 is 1.16 bits per heavy atom. The molecule has 0 aromatic carbocycles. The number of carbonyl (C=O) groups excluding carboxylic acids is 1. The van der Waals surface area contributed by atoms with Crippen molar-refractivity contribution in [1.82, 2.24) is 19.9 Å². The van der Waals surface area contributed by atoms with E-state index < -0.39 is 0 Å². The van der Waals surface area contributed by atoms with Crippen molar-refractivity contribution in [3.63, 3.8) is 0 Å². The van der Waals surface area contributed by atoms with Gasteiger partial charge in [-0.05, 0) is 38.3 Å². The Kier molecular flexibility index (Phi) is 4.11. The molecule has 2 aromatic rings. The van der Waals surface area contributed by atoms with Gasteiger partial charge in [-0.25, -0.2) is 9.97 Å². The van der Waals surface area contributed by atoms with Gasteiger partial charge in [0.05, 0.1) is 6.20 Å². The molecule has 4 heterocycles. The van der Waals surface area contributed by atoms with Crippen LogP contribution in [0.4, 0.5) is 5.82 Å². The molecule has 4 rings (SSSR count). The zero-order chi connectivity index (χ0) is 17.3. The smallest absolute Gasteiger partial charge is 0.274 e. The maximum Gasteiger partial charge on any atom is 0.274 e. The molecule has 1 atom stereocenters. The summed E-state index contributed by atoms with van der Waals surface area (Å²) in [5.74, 6) is 1.05. The molecule has 0 N–H and O–H groups in total. The molecule has 2 aliphatic heterocycles. The number of anilines is 1. The number of hydrogen-bond donors (Lipinski definition) is 0. The van der Waals surface area contributed by atoms with Gasteiger partial charge in [-0.1, -0.05) is 6.07 Å². The number of nitrogens with zero attached hydrogens (tertiary/aromatic N) is 5. The van der Waals surface area contributed by atoms with Gasteiger partial charge in [-0.15, -0.1) is 0 Å². The van der Waals surface area contributed by atoms with Gasteiger partial charge in [0.1, 0.15) is 11.5 Å². The molecule has 2 aliphatic rings. The molecule has 2 aromatic heterocycles. The number of rotatable bonds is 2. The van der Waals surface area contributed by atoms with E-state index in [9.17, 15) is 4.79 Å². The fourth-order valence-electron chi connectivity index (χ4n) is 4.12. The maximum atomic E-state index is 12.7. The molecule has 25 heavy (non-hydrogen) atoms. The van der Waals surface area contributed by atoms with Crippen LogP contribution >= 0.6 is 0 Å². The van der Waals surface area contributed by atoms with E-state index in [0.717, 1.165) is 50.5 Å². The second-order valence-electron chi connectivity index (χ2n) is 7.23. The van der Waals surface area contributed by atoms with Gasteiger partial charge in [-0.2, -0.15) is 0 Å². The van der Waals surface area contributed by atoms with E-state index in [2.05, 4.69) is 32.0 Å². The average molecular weight is 337 g/mol. The maximum absolute atomic E-state index is 12.7. The molecular weight excluding hydrogens is 314 g/mol. The van der Waals surface area contributed by atoms with Crippen LogP contribution in [0, 0.1) is 12.3 Å². The fraction of sp³-hybridized carbons (Fsp3) is 0.474. The summed E-state index contributed by atoms with van der Waals surface area (Å²) in [5, 5.41) is 0. The third-order valence-electron chi connectivity index (χ3n) is 5.37. The summed E-state index contributed by atoms with van der Waals surface area (Å²) in [4.78, 5) is 29.9. The lowest BCUT2D eigenvalue weighted by molar-refractivity contribution is 0.0550. The number of hydrogen-bond acceptors (Lipinski definition) is 5. The molecule has 1 amide bonds. The number of aryl methyl sites for hydroxylation is 1. The SMILES string of the molecule is Cc1cccc(N2CC[C@@]3(CCCN(C(=O)c4cnccn4)C3)C2)n1. The molecule has 0 unspecified atom stereocenters. The van der Waals surface area contributed by atoms with Gasteiger partial charge in [-0.3, -0.25) is 9.78 Å². The molecule has 6 heteroatoms. The van der Waals surface area contributed by atoms with Crippen LogP contribution in [-0.2, 0) is 0 Å². The Morgan fingerprint density at radius 2 is 2.08 bits per heavy atom. The molecule has 2 saturated heterocycles. The molecule has 130 valence electrons. The third kappa shape index (κ3) is 3.21. The predicted molar refractivity (Wildman–Crippen MR) is 95.4 cm³/mol. The van der Waals surface area contributed by atoms with Crippen LogP contribution in [0.2, 0.25) is 0 Å². The van der Waals surface area contributed by atoms with E-state index in [1.54, 1.807) is 18.6 Å². The minimum absolute atomic E-state index is 0.000643. The Hall–Kier alpha value is -2.50. The molecule has 6 nitrogen and oxygen atoms in total. The first-order valence-corrected chi connectivity index (χ1v) is 8.89. The van der Waals surface area contributed by atoms with Gasteiger partial charge >= 0.3 is 0 Å². The normalized spacial score (nSPS) is 23.2. The Labute approximate surface area is 147 Å². The van der Waals surface area contributed by atoms with E-state index in [1.165, 1.54) is 6.42 Å². The van der Waals surface area contributed by atoms with E-state index in [1.807, 2.05) is 17.9 Å². The second kappa shape index (κ2) is 6.43. The monoisotopic (exact) mass is 337 g/mol. The van der Waals surface area contributed by atoms with Crippen LogP contribution in [0.15, 0.2) is 36.8 Å². The van der Waals surface area contributed by atoms with Crippen LogP contribution in [0.25, 0.3) is 0 Å². The van der Waals surface area contributed by atoms with Crippen LogP contribution in [0.3, 0.4) is 0 Å². The van der Waals surface area contributed by atoms with Crippen molar-refractivity contribution in [2.45, 2.75) is 26.2 Å². The highest BCUT2D eigenvalue weighted by atomic mass is 16.2. The minimum atomic E-state index is -0.000643. The summed E-state index contributed by atoms with van der Waals surface area (Å²) >= 11 is 0. The first-order valence-electron chi connectivity index (χ1n) is 8.89. The Balaban J connectivity index is 1.49. The molecule has 1 spiro atoms. The topological polar surface area (TPSA) is 62.2 Å². The highest BCUT2D eigenvalue weighted by molar-refractivity contribution is 5.92. The van der Waals surface area contributed by atoms with Gasteiger partial charge in [0.25, 0.3) is 5.91 Å². The lowest BCUT2D eigenvalue weighted by Gasteiger charge is -2.40. The number of pyridine rings is 1. The van der Waals surface area contributed by atoms with E-state index in [4.69, 9.17) is 0 Å². The van der Waals surface area contributed by atoms with Crippen molar-refractivity contribution in [3.8, 4) is 0 Å². The summed E-state index contributed by atoms with van der Waals surface area (Å²) in [6.45, 7) is 5.60. The molecule has 0 saturated carbocycles. The van der Waals surface area contributed by atoms with Crippen molar-refractivity contribution in [2.75, 3.05) is 31.1 Å². The zero-order valence-corrected chi connectivity index (χ0v) is 14.6. The summed E-state index contributed by atoms with van der Waals surface area (Å²) in [6, 6.07) is 6.17. The molecule has 0 radical (unpaired) electrons. The van der Waals surface area contributed by atoms with Crippen molar-refractivity contribution < 1.29 is 4.79 Å². The number of likely N-dealkylation sites (tertiary alicyclic amines) is 1. The highest BCUT2D eigenvalue weighted by Crippen LogP contribution is 2.40. The quantitative estimate of drug-likeness (QED) is 0.841. The van der Waals surface area contributed by atoms with E-state index in [0.29, 0.717) is 5.69 Å². The largest absolute Gasteiger partial charge is 0.356 e. The van der Waals surface area contributed by atoms with Gasteiger partial charge in [0.15, 0.2) is 0 Å². The fourth-order valence-corrected chi connectivity index (χ4v) is 4.12. The van der Waals surface area contributed by atoms with Gasteiger partial charge < -0.3 is 9.80 Å². The summed E-state index contributed by atoms with van der Waals surface area (Å²) in [6.07, 6.45) is 8.04. The highest BCUT2D eigenvalue weighted by Gasteiger charge is 2.43. The molecule has 0 bridgehead atoms. The number of amides is 1. The first kappa shape index (κ1) is 16.0. The Morgan fingerprint density at radius 3 is 2.88 bits per heavy atom. The summed E-state index contributed by atoms with van der Waals surface area (Å²) in [7, 11) is 0. The van der Waals surface area contributed by atoms with Crippen molar-refractivity contribution in [3.05, 3.63) is 48.2 Å². The van der Waals surface area contributed by atoms with E-state index in [-0.39, 0.29) is 11.3 Å². The first-order chi connectivity index (χ1) is 12.2.